The van der Waals surface area contributed by atoms with E-state index in [1.807, 2.05) is 109 Å². The molecule has 0 radical (unpaired) electrons. The molecule has 7 heteroatoms. The molecule has 0 aliphatic rings. The van der Waals surface area contributed by atoms with E-state index in [0.717, 1.165) is 44.8 Å². The van der Waals surface area contributed by atoms with Crippen LogP contribution in [0.3, 0.4) is 0 Å². The minimum Gasteiger partial charge on any atom is -0.248 e. The van der Waals surface area contributed by atoms with Gasteiger partial charge in [0.1, 0.15) is 0 Å². The number of hydrogen-bond acceptors (Lipinski definition) is 1. The third-order valence-electron chi connectivity index (χ3n) is 8.65. The number of rotatable bonds is 7. The molecule has 52 heavy (non-hydrogen) atoms. The summed E-state index contributed by atoms with van der Waals surface area (Å²) in [5, 5.41) is 4.86. The van der Waals surface area contributed by atoms with Crippen LogP contribution in [0.5, 0.6) is 0 Å². The van der Waals surface area contributed by atoms with Crippen molar-refractivity contribution in [3.8, 4) is 11.1 Å². The Morgan fingerprint density at radius 3 is 1.40 bits per heavy atom. The van der Waals surface area contributed by atoms with Crippen LogP contribution in [0.2, 0.25) is 0 Å². The van der Waals surface area contributed by atoms with Gasteiger partial charge >= 0.3 is 12.4 Å². The summed E-state index contributed by atoms with van der Waals surface area (Å²) in [5.74, 6) is 0. The predicted molar refractivity (Wildman–Crippen MR) is 201 cm³/mol. The number of fused-ring (bicyclic) bond motifs is 3. The lowest BCUT2D eigenvalue weighted by Crippen LogP contribution is -2.11. The van der Waals surface area contributed by atoms with Gasteiger partial charge in [-0.1, -0.05) is 121 Å². The Labute approximate surface area is 296 Å². The smallest absolute Gasteiger partial charge is 0.248 e. The highest BCUT2D eigenvalue weighted by Gasteiger charge is 2.37. The molecule has 256 valence electrons. The third-order valence-corrected chi connectivity index (χ3v) is 8.65. The summed E-state index contributed by atoms with van der Waals surface area (Å²) in [5.41, 5.74) is 0.681. The summed E-state index contributed by atoms with van der Waals surface area (Å²) in [6.45, 7) is 0. The van der Waals surface area contributed by atoms with Crippen molar-refractivity contribution in [2.75, 3.05) is 0 Å². The zero-order valence-electron chi connectivity index (χ0n) is 27.5. The maximum atomic E-state index is 13.9. The summed E-state index contributed by atoms with van der Waals surface area (Å²) in [6.07, 6.45) is 4.61. The number of benzene rings is 6. The molecule has 0 amide bonds. The fraction of sp³-hybridized carbons (Fsp3) is 0.0444. The highest BCUT2D eigenvalue weighted by atomic mass is 19.4. The molecule has 1 nitrogen and oxygen atoms in total. The van der Waals surface area contributed by atoms with E-state index in [1.165, 1.54) is 6.07 Å². The molecule has 0 spiro atoms. The molecule has 0 bridgehead atoms. The van der Waals surface area contributed by atoms with Gasteiger partial charge in [-0.2, -0.15) is 26.3 Å². The van der Waals surface area contributed by atoms with Crippen LogP contribution in [-0.2, 0) is 12.4 Å². The highest BCUT2D eigenvalue weighted by molar-refractivity contribution is 5.97. The number of hydrogen-bond donors (Lipinski definition) is 0. The first-order valence-electron chi connectivity index (χ1n) is 16.4. The second-order valence-corrected chi connectivity index (χ2v) is 12.3. The SMILES string of the molecule is FC(F)(F)c1cc(-c2cc(/C=C/C=C/c3ccc4ccccc4c3)nc3ccc(/C=C/C=C/c4ccc5ccccc5c4)cc23)cc(C(F)(F)F)c1. The van der Waals surface area contributed by atoms with E-state index in [1.54, 1.807) is 36.4 Å². The van der Waals surface area contributed by atoms with E-state index < -0.39 is 23.5 Å². The van der Waals surface area contributed by atoms with Gasteiger partial charge in [-0.05, 0) is 104 Å². The summed E-state index contributed by atoms with van der Waals surface area (Å²) in [6, 6.07) is 36.6. The van der Waals surface area contributed by atoms with Gasteiger partial charge in [0, 0.05) is 5.39 Å². The van der Waals surface area contributed by atoms with Crippen molar-refractivity contribution in [2.24, 2.45) is 0 Å². The number of allylic oxidation sites excluding steroid dienone is 4. The minimum atomic E-state index is -4.99. The summed E-state index contributed by atoms with van der Waals surface area (Å²) >= 11 is 0. The molecule has 0 aliphatic carbocycles. The molecule has 0 atom stereocenters. The maximum absolute atomic E-state index is 13.9. The molecule has 6 aromatic carbocycles. The standard InChI is InChI=1S/C45H29F6N/c46-44(47,48)38-26-37(27-39(28-38)45(49,50)51)41-29-40(16-8-3-10-31-18-21-34-13-5-7-15-36(34)24-31)52-43-22-19-32(25-42(41)43)11-2-1-9-30-17-20-33-12-4-6-14-35(33)23-30/h1-29H/b9-1+,10-3+,11-2+,16-8+. The molecule has 1 aromatic heterocycles. The van der Waals surface area contributed by atoms with Crippen LogP contribution in [0, 0.1) is 0 Å². The maximum Gasteiger partial charge on any atom is 0.416 e. The number of alkyl halides is 6. The molecule has 0 fully saturated rings. The van der Waals surface area contributed by atoms with Crippen molar-refractivity contribution in [3.05, 3.63) is 185 Å². The van der Waals surface area contributed by atoms with E-state index in [9.17, 15) is 26.3 Å². The Balaban J connectivity index is 1.25. The lowest BCUT2D eigenvalue weighted by Gasteiger charge is -2.16. The van der Waals surface area contributed by atoms with Crippen LogP contribution in [0.25, 0.3) is 67.9 Å². The topological polar surface area (TPSA) is 12.9 Å². The van der Waals surface area contributed by atoms with E-state index in [0.29, 0.717) is 22.2 Å². The van der Waals surface area contributed by atoms with Gasteiger partial charge in [0.2, 0.25) is 0 Å². The largest absolute Gasteiger partial charge is 0.416 e. The number of aromatic nitrogens is 1. The number of pyridine rings is 1. The Kier molecular flexibility index (Phi) is 9.35. The Bertz CT molecular complexity index is 2520. The van der Waals surface area contributed by atoms with Gasteiger partial charge in [-0.3, -0.25) is 0 Å². The first kappa shape index (κ1) is 34.2. The number of halogens is 6. The zero-order chi connectivity index (χ0) is 36.3. The molecule has 7 rings (SSSR count). The average molecular weight is 698 g/mol. The number of nitrogens with zero attached hydrogens (tertiary/aromatic N) is 1. The van der Waals surface area contributed by atoms with Crippen LogP contribution in [-0.4, -0.2) is 4.98 Å². The second kappa shape index (κ2) is 14.2. The third kappa shape index (κ3) is 7.89. The van der Waals surface area contributed by atoms with Crippen LogP contribution in [0.15, 0.2) is 152 Å². The summed E-state index contributed by atoms with van der Waals surface area (Å²) in [4.78, 5) is 4.69. The van der Waals surface area contributed by atoms with Crippen molar-refractivity contribution in [1.29, 1.82) is 0 Å². The molecular weight excluding hydrogens is 668 g/mol. The molecule has 0 unspecified atom stereocenters. The fourth-order valence-electron chi connectivity index (χ4n) is 6.08. The van der Waals surface area contributed by atoms with E-state index in [4.69, 9.17) is 0 Å². The fourth-order valence-corrected chi connectivity index (χ4v) is 6.08. The van der Waals surface area contributed by atoms with Crippen molar-refractivity contribution in [1.82, 2.24) is 4.98 Å². The molecule has 0 saturated heterocycles. The molecule has 7 aromatic rings. The monoisotopic (exact) mass is 697 g/mol. The van der Waals surface area contributed by atoms with Crippen molar-refractivity contribution >= 4 is 56.8 Å². The molecule has 0 N–H and O–H groups in total. The molecule has 0 saturated carbocycles. The Morgan fingerprint density at radius 1 is 0.423 bits per heavy atom. The first-order chi connectivity index (χ1) is 25.0. The van der Waals surface area contributed by atoms with E-state index >= 15 is 0 Å². The van der Waals surface area contributed by atoms with Crippen LogP contribution in [0.1, 0.15) is 33.5 Å². The lowest BCUT2D eigenvalue weighted by atomic mass is 9.95. The average Bonchev–Trinajstić information content (AvgIpc) is 3.14. The van der Waals surface area contributed by atoms with Gasteiger partial charge < -0.3 is 0 Å². The van der Waals surface area contributed by atoms with E-state index in [2.05, 4.69) is 11.1 Å². The van der Waals surface area contributed by atoms with Gasteiger partial charge in [-0.15, -0.1) is 0 Å². The van der Waals surface area contributed by atoms with Crippen LogP contribution < -0.4 is 0 Å². The highest BCUT2D eigenvalue weighted by Crippen LogP contribution is 2.40. The first-order valence-corrected chi connectivity index (χ1v) is 16.4. The summed E-state index contributed by atoms with van der Waals surface area (Å²) in [7, 11) is 0. The summed E-state index contributed by atoms with van der Waals surface area (Å²) < 4.78 is 83.4. The normalized spacial score (nSPS) is 12.9. The van der Waals surface area contributed by atoms with Crippen molar-refractivity contribution in [3.63, 3.8) is 0 Å². The molecule has 0 aliphatic heterocycles. The van der Waals surface area contributed by atoms with Gasteiger partial charge in [-0.25, -0.2) is 4.98 Å². The predicted octanol–water partition coefficient (Wildman–Crippen LogP) is 13.7. The van der Waals surface area contributed by atoms with Gasteiger partial charge in [0.05, 0.1) is 22.3 Å². The Hall–Kier alpha value is -6.21. The lowest BCUT2D eigenvalue weighted by molar-refractivity contribution is -0.143. The van der Waals surface area contributed by atoms with Crippen LogP contribution >= 0.6 is 0 Å². The molecular formula is C45H29F6N. The minimum absolute atomic E-state index is 0.140. The van der Waals surface area contributed by atoms with Crippen molar-refractivity contribution < 1.29 is 26.3 Å². The molecule has 1 heterocycles. The van der Waals surface area contributed by atoms with Gasteiger partial charge in [0.25, 0.3) is 0 Å². The van der Waals surface area contributed by atoms with Crippen molar-refractivity contribution in [2.45, 2.75) is 12.4 Å². The Morgan fingerprint density at radius 2 is 0.885 bits per heavy atom. The van der Waals surface area contributed by atoms with Crippen LogP contribution in [0.4, 0.5) is 26.3 Å². The quantitative estimate of drug-likeness (QED) is 0.119. The second-order valence-electron chi connectivity index (χ2n) is 12.3. The van der Waals surface area contributed by atoms with Gasteiger partial charge in [0.15, 0.2) is 0 Å². The zero-order valence-corrected chi connectivity index (χ0v) is 27.5. The van der Waals surface area contributed by atoms with E-state index in [-0.39, 0.29) is 17.2 Å².